The highest BCUT2D eigenvalue weighted by Crippen LogP contribution is 2.32. The molecule has 0 bridgehead atoms. The molecule has 9 heteroatoms. The van der Waals surface area contributed by atoms with E-state index in [9.17, 15) is 18.0 Å². The summed E-state index contributed by atoms with van der Waals surface area (Å²) in [5.74, 6) is -1.77. The van der Waals surface area contributed by atoms with Crippen LogP contribution >= 0.6 is 11.6 Å². The lowest BCUT2D eigenvalue weighted by atomic mass is 9.96. The van der Waals surface area contributed by atoms with Gasteiger partial charge in [-0.3, -0.25) is 4.79 Å². The van der Waals surface area contributed by atoms with E-state index in [0.29, 0.717) is 36.5 Å². The van der Waals surface area contributed by atoms with E-state index in [4.69, 9.17) is 16.0 Å². The van der Waals surface area contributed by atoms with Crippen molar-refractivity contribution in [2.75, 3.05) is 13.1 Å². The van der Waals surface area contributed by atoms with Gasteiger partial charge in [0.15, 0.2) is 0 Å². The van der Waals surface area contributed by atoms with Gasteiger partial charge in [0.1, 0.15) is 0 Å². The lowest BCUT2D eigenvalue weighted by molar-refractivity contribution is -0.157. The monoisotopic (exact) mass is 359 g/mol. The molecule has 0 radical (unpaired) electrons. The Hall–Kier alpha value is -2.09. The molecule has 2 aromatic rings. The number of hydrogen-bond donors (Lipinski definition) is 0. The van der Waals surface area contributed by atoms with E-state index in [1.807, 2.05) is 0 Å². The number of hydrogen-bond acceptors (Lipinski definition) is 4. The average molecular weight is 360 g/mol. The van der Waals surface area contributed by atoms with E-state index < -0.39 is 12.1 Å². The molecule has 1 aromatic heterocycles. The molecule has 128 valence electrons. The van der Waals surface area contributed by atoms with Gasteiger partial charge in [-0.05, 0) is 37.1 Å². The Balaban J connectivity index is 1.62. The second-order valence-corrected chi connectivity index (χ2v) is 5.95. The molecule has 2 heterocycles. The highest BCUT2D eigenvalue weighted by atomic mass is 35.5. The second kappa shape index (κ2) is 6.43. The predicted molar refractivity (Wildman–Crippen MR) is 78.6 cm³/mol. The highest BCUT2D eigenvalue weighted by molar-refractivity contribution is 6.30. The van der Waals surface area contributed by atoms with E-state index in [1.54, 1.807) is 29.2 Å². The third kappa shape index (κ3) is 3.53. The first-order valence-corrected chi connectivity index (χ1v) is 7.68. The normalized spacial score (nSPS) is 16.4. The zero-order chi connectivity index (χ0) is 17.3. The summed E-state index contributed by atoms with van der Waals surface area (Å²) in [7, 11) is 0. The number of likely N-dealkylation sites (tertiary alicyclic amines) is 1. The SMILES string of the molecule is O=C(c1ccc(Cl)cc1)N1CCC(c2nnc(C(F)(F)F)o2)CC1. The van der Waals surface area contributed by atoms with Crippen LogP contribution in [0.1, 0.15) is 40.9 Å². The minimum absolute atomic E-state index is 0.0269. The van der Waals surface area contributed by atoms with Gasteiger partial charge in [0.2, 0.25) is 5.89 Å². The van der Waals surface area contributed by atoms with E-state index >= 15 is 0 Å². The third-order valence-electron chi connectivity index (χ3n) is 3.91. The minimum Gasteiger partial charge on any atom is -0.417 e. The molecule has 0 saturated carbocycles. The Morgan fingerprint density at radius 2 is 1.79 bits per heavy atom. The number of aromatic nitrogens is 2. The van der Waals surface area contributed by atoms with E-state index in [2.05, 4.69) is 10.2 Å². The number of amides is 1. The fourth-order valence-corrected chi connectivity index (χ4v) is 2.74. The summed E-state index contributed by atoms with van der Waals surface area (Å²) < 4.78 is 42.2. The summed E-state index contributed by atoms with van der Waals surface area (Å²) in [5, 5.41) is 7.07. The Morgan fingerprint density at radius 3 is 2.33 bits per heavy atom. The zero-order valence-corrected chi connectivity index (χ0v) is 13.1. The van der Waals surface area contributed by atoms with Crippen LogP contribution in [-0.2, 0) is 6.18 Å². The number of nitrogens with zero attached hydrogens (tertiary/aromatic N) is 3. The molecule has 24 heavy (non-hydrogen) atoms. The molecule has 0 unspecified atom stereocenters. The largest absolute Gasteiger partial charge is 0.470 e. The standard InChI is InChI=1S/C15H13ClF3N3O2/c16-11-3-1-10(2-4-11)13(23)22-7-5-9(6-8-22)12-20-21-14(24-12)15(17,18)19/h1-4,9H,5-8H2. The van der Waals surface area contributed by atoms with Crippen LogP contribution in [0.3, 0.4) is 0 Å². The molecule has 1 aromatic carbocycles. The van der Waals surface area contributed by atoms with E-state index in [1.165, 1.54) is 0 Å². The number of piperidine rings is 1. The summed E-state index contributed by atoms with van der Waals surface area (Å²) in [6, 6.07) is 6.56. The molecule has 1 fully saturated rings. The molecule has 5 nitrogen and oxygen atoms in total. The van der Waals surface area contributed by atoms with Crippen molar-refractivity contribution >= 4 is 17.5 Å². The molecule has 0 aliphatic carbocycles. The molecule has 1 amide bonds. The number of halogens is 4. The molecule has 0 N–H and O–H groups in total. The van der Waals surface area contributed by atoms with Crippen LogP contribution in [0.5, 0.6) is 0 Å². The van der Waals surface area contributed by atoms with Gasteiger partial charge < -0.3 is 9.32 Å². The Kier molecular flexibility index (Phi) is 4.49. The molecular formula is C15H13ClF3N3O2. The number of carbonyl (C=O) groups excluding carboxylic acids is 1. The quantitative estimate of drug-likeness (QED) is 0.819. The molecule has 1 aliphatic rings. The van der Waals surface area contributed by atoms with Gasteiger partial charge >= 0.3 is 12.1 Å². The molecule has 3 rings (SSSR count). The van der Waals surface area contributed by atoms with Gasteiger partial charge in [-0.25, -0.2) is 0 Å². The first-order chi connectivity index (χ1) is 11.3. The first-order valence-electron chi connectivity index (χ1n) is 7.30. The van der Waals surface area contributed by atoms with Gasteiger partial charge in [0.05, 0.1) is 0 Å². The molecule has 1 saturated heterocycles. The lowest BCUT2D eigenvalue weighted by Gasteiger charge is -2.30. The maximum Gasteiger partial charge on any atom is 0.470 e. The molecule has 0 atom stereocenters. The van der Waals surface area contributed by atoms with Gasteiger partial charge in [0, 0.05) is 29.6 Å². The fourth-order valence-electron chi connectivity index (χ4n) is 2.62. The molecule has 1 aliphatic heterocycles. The fraction of sp³-hybridized carbons (Fsp3) is 0.400. The van der Waals surface area contributed by atoms with Crippen LogP contribution in [-0.4, -0.2) is 34.1 Å². The summed E-state index contributed by atoms with van der Waals surface area (Å²) >= 11 is 5.79. The Labute approximate surface area is 140 Å². The van der Waals surface area contributed by atoms with Gasteiger partial charge in [-0.2, -0.15) is 13.2 Å². The van der Waals surface area contributed by atoms with Gasteiger partial charge in [-0.15, -0.1) is 10.2 Å². The maximum absolute atomic E-state index is 12.5. The van der Waals surface area contributed by atoms with Crippen LogP contribution in [0, 0.1) is 0 Å². The van der Waals surface area contributed by atoms with Crippen molar-refractivity contribution < 1.29 is 22.4 Å². The zero-order valence-electron chi connectivity index (χ0n) is 12.4. The summed E-state index contributed by atoms with van der Waals surface area (Å²) in [5.41, 5.74) is 0.523. The van der Waals surface area contributed by atoms with E-state index in [-0.39, 0.29) is 17.7 Å². The van der Waals surface area contributed by atoms with Crippen molar-refractivity contribution in [3.63, 3.8) is 0 Å². The minimum atomic E-state index is -4.64. The summed E-state index contributed by atoms with van der Waals surface area (Å²) in [4.78, 5) is 14.0. The topological polar surface area (TPSA) is 59.2 Å². The van der Waals surface area contributed by atoms with Crippen LogP contribution in [0.15, 0.2) is 28.7 Å². The van der Waals surface area contributed by atoms with Crippen LogP contribution in [0.2, 0.25) is 5.02 Å². The van der Waals surface area contributed by atoms with Crippen molar-refractivity contribution in [2.45, 2.75) is 24.9 Å². The highest BCUT2D eigenvalue weighted by Gasteiger charge is 2.39. The molecular weight excluding hydrogens is 347 g/mol. The van der Waals surface area contributed by atoms with Crippen molar-refractivity contribution in [1.29, 1.82) is 0 Å². The maximum atomic E-state index is 12.5. The van der Waals surface area contributed by atoms with Crippen molar-refractivity contribution in [3.05, 3.63) is 46.6 Å². The summed E-state index contributed by atoms with van der Waals surface area (Å²) in [6.45, 7) is 0.825. The van der Waals surface area contributed by atoms with Gasteiger partial charge in [-0.1, -0.05) is 11.6 Å². The average Bonchev–Trinajstić information content (AvgIpc) is 3.05. The van der Waals surface area contributed by atoms with E-state index in [0.717, 1.165) is 0 Å². The Morgan fingerprint density at radius 1 is 1.17 bits per heavy atom. The van der Waals surface area contributed by atoms with Crippen LogP contribution in [0.4, 0.5) is 13.2 Å². The van der Waals surface area contributed by atoms with Crippen molar-refractivity contribution in [3.8, 4) is 0 Å². The first kappa shape index (κ1) is 16.8. The number of alkyl halides is 3. The predicted octanol–water partition coefficient (Wildman–Crippen LogP) is 3.76. The Bertz CT molecular complexity index is 722. The van der Waals surface area contributed by atoms with Crippen molar-refractivity contribution in [2.24, 2.45) is 0 Å². The number of benzene rings is 1. The van der Waals surface area contributed by atoms with Crippen LogP contribution < -0.4 is 0 Å². The third-order valence-corrected chi connectivity index (χ3v) is 4.16. The smallest absolute Gasteiger partial charge is 0.417 e. The molecule has 0 spiro atoms. The number of rotatable bonds is 2. The van der Waals surface area contributed by atoms with Crippen molar-refractivity contribution in [1.82, 2.24) is 15.1 Å². The summed E-state index contributed by atoms with van der Waals surface area (Å²) in [6.07, 6.45) is -3.70. The van der Waals surface area contributed by atoms with Crippen LogP contribution in [0.25, 0.3) is 0 Å². The number of carbonyl (C=O) groups is 1. The lowest BCUT2D eigenvalue weighted by Crippen LogP contribution is -2.38. The second-order valence-electron chi connectivity index (χ2n) is 5.52. The van der Waals surface area contributed by atoms with Gasteiger partial charge in [0.25, 0.3) is 5.91 Å².